The van der Waals surface area contributed by atoms with Gasteiger partial charge in [-0.05, 0) is 54.8 Å². The Morgan fingerprint density at radius 1 is 0.565 bits per heavy atom. The molecule has 0 aromatic heterocycles. The molecule has 2 amide bonds. The fourth-order valence-electron chi connectivity index (χ4n) is 5.89. The Balaban J connectivity index is 1.57. The van der Waals surface area contributed by atoms with E-state index in [2.05, 4.69) is 0 Å². The average molecular weight is 613 g/mol. The highest BCUT2D eigenvalue weighted by Crippen LogP contribution is 2.47. The summed E-state index contributed by atoms with van der Waals surface area (Å²) in [5.41, 5.74) is 4.90. The molecule has 0 fully saturated rings. The van der Waals surface area contributed by atoms with Gasteiger partial charge in [0.15, 0.2) is 23.1 Å². The lowest BCUT2D eigenvalue weighted by molar-refractivity contribution is -0.123. The van der Waals surface area contributed by atoms with Crippen molar-refractivity contribution in [2.45, 2.75) is 13.8 Å². The van der Waals surface area contributed by atoms with Crippen molar-refractivity contribution in [1.82, 2.24) is 9.80 Å². The molecule has 4 aromatic rings. The topological polar surface area (TPSA) is 93.2 Å². The number of methoxy groups -OCH3 is 2. The summed E-state index contributed by atoms with van der Waals surface area (Å²) in [5.74, 6) is -0.701. The molecule has 2 aliphatic heterocycles. The van der Waals surface area contributed by atoms with Crippen LogP contribution >= 0.6 is 0 Å². The minimum Gasteiger partial charge on any atom is -0.493 e. The maximum atomic E-state index is 14.6. The van der Waals surface area contributed by atoms with Crippen molar-refractivity contribution in [1.29, 1.82) is 0 Å². The largest absolute Gasteiger partial charge is 0.493 e. The molecule has 230 valence electrons. The maximum Gasteiger partial charge on any atom is 0.261 e. The van der Waals surface area contributed by atoms with Gasteiger partial charge in [0.05, 0.1) is 49.8 Å². The predicted molar refractivity (Wildman–Crippen MR) is 174 cm³/mol. The fraction of sp³-hybridized carbons (Fsp3) is 0.158. The molecule has 0 radical (unpaired) electrons. The zero-order chi connectivity index (χ0) is 32.5. The second kappa shape index (κ2) is 12.3. The van der Waals surface area contributed by atoms with E-state index >= 15 is 0 Å². The lowest BCUT2D eigenvalue weighted by Crippen LogP contribution is -2.35. The van der Waals surface area contributed by atoms with Gasteiger partial charge >= 0.3 is 0 Å². The highest BCUT2D eigenvalue weighted by molar-refractivity contribution is 6.31. The van der Waals surface area contributed by atoms with Crippen LogP contribution in [0.15, 0.2) is 108 Å². The number of ketones is 2. The van der Waals surface area contributed by atoms with Crippen LogP contribution in [0.25, 0.3) is 11.4 Å². The van der Waals surface area contributed by atoms with Gasteiger partial charge in [-0.15, -0.1) is 0 Å². The van der Waals surface area contributed by atoms with Crippen molar-refractivity contribution in [3.63, 3.8) is 0 Å². The van der Waals surface area contributed by atoms with Crippen LogP contribution in [0.5, 0.6) is 11.5 Å². The highest BCUT2D eigenvalue weighted by Gasteiger charge is 2.49. The quantitative estimate of drug-likeness (QED) is 0.207. The van der Waals surface area contributed by atoms with Crippen LogP contribution in [0.3, 0.4) is 0 Å². The van der Waals surface area contributed by atoms with E-state index in [1.165, 1.54) is 24.0 Å². The van der Waals surface area contributed by atoms with Crippen molar-refractivity contribution < 1.29 is 28.7 Å². The van der Waals surface area contributed by atoms with Crippen LogP contribution in [0.2, 0.25) is 0 Å². The van der Waals surface area contributed by atoms with Crippen molar-refractivity contribution in [2.75, 3.05) is 27.3 Å². The number of aryl methyl sites for hydroxylation is 2. The van der Waals surface area contributed by atoms with Gasteiger partial charge in [0.1, 0.15) is 0 Å². The summed E-state index contributed by atoms with van der Waals surface area (Å²) in [5, 5.41) is 0. The van der Waals surface area contributed by atoms with E-state index in [1.54, 1.807) is 66.7 Å². The number of hydrogen-bond acceptors (Lipinski definition) is 6. The van der Waals surface area contributed by atoms with Crippen LogP contribution in [0.4, 0.5) is 0 Å². The molecule has 2 heterocycles. The van der Waals surface area contributed by atoms with E-state index in [4.69, 9.17) is 9.47 Å². The molecule has 8 heteroatoms. The third kappa shape index (κ3) is 5.28. The average Bonchev–Trinajstić information content (AvgIpc) is 3.52. The second-order valence-corrected chi connectivity index (χ2v) is 11.2. The summed E-state index contributed by atoms with van der Waals surface area (Å²) < 4.78 is 11.0. The monoisotopic (exact) mass is 612 g/mol. The Morgan fingerprint density at radius 3 is 1.48 bits per heavy atom. The minimum absolute atomic E-state index is 0.132. The normalized spacial score (nSPS) is 14.3. The van der Waals surface area contributed by atoms with Gasteiger partial charge in [0, 0.05) is 16.7 Å². The number of ether oxygens (including phenoxy) is 2. The van der Waals surface area contributed by atoms with Crippen molar-refractivity contribution in [3.8, 4) is 11.5 Å². The fourth-order valence-corrected chi connectivity index (χ4v) is 5.89. The minimum atomic E-state index is -0.500. The third-order valence-electron chi connectivity index (χ3n) is 8.41. The number of nitrogens with zero attached hydrogens (tertiary/aromatic N) is 2. The Hall–Kier alpha value is -5.76. The van der Waals surface area contributed by atoms with E-state index in [0.29, 0.717) is 39.4 Å². The van der Waals surface area contributed by atoms with Crippen molar-refractivity contribution >= 4 is 34.8 Å². The Bertz CT molecular complexity index is 1960. The molecule has 0 saturated carbocycles. The summed E-state index contributed by atoms with van der Waals surface area (Å²) in [4.78, 5) is 58.9. The van der Waals surface area contributed by atoms with Crippen LogP contribution in [-0.2, 0) is 9.59 Å². The summed E-state index contributed by atoms with van der Waals surface area (Å²) in [6.45, 7) is 3.36. The smallest absolute Gasteiger partial charge is 0.261 e. The van der Waals surface area contributed by atoms with E-state index in [0.717, 1.165) is 11.1 Å². The van der Waals surface area contributed by atoms with Gasteiger partial charge in [-0.1, -0.05) is 72.8 Å². The molecule has 2 aliphatic rings. The standard InChI is InChI=1S/C38H32N2O6/c1-23-15-16-27(19-24(23)2)35-33-34(38(44)39(35)21-29(41)25-11-7-5-8-12-25)36(28-17-18-31(45-3)32(20-28)46-4)40(37(33)43)22-30(42)26-13-9-6-10-14-26/h5-20H,21-22H2,1-4H3. The number of hydrogen-bond donors (Lipinski definition) is 0. The lowest BCUT2D eigenvalue weighted by Gasteiger charge is -2.25. The molecule has 0 N–H and O–H groups in total. The highest BCUT2D eigenvalue weighted by atomic mass is 16.5. The summed E-state index contributed by atoms with van der Waals surface area (Å²) in [7, 11) is 3.01. The Morgan fingerprint density at radius 2 is 1.02 bits per heavy atom. The molecule has 6 rings (SSSR count). The molecule has 0 unspecified atom stereocenters. The molecule has 4 aromatic carbocycles. The van der Waals surface area contributed by atoms with Crippen molar-refractivity contribution in [3.05, 3.63) is 142 Å². The first-order valence-corrected chi connectivity index (χ1v) is 14.8. The molecule has 46 heavy (non-hydrogen) atoms. The van der Waals surface area contributed by atoms with E-state index in [1.807, 2.05) is 44.2 Å². The molecule has 0 bridgehead atoms. The number of rotatable bonds is 10. The molecular weight excluding hydrogens is 580 g/mol. The van der Waals surface area contributed by atoms with E-state index in [-0.39, 0.29) is 41.5 Å². The molecule has 0 atom stereocenters. The summed E-state index contributed by atoms with van der Waals surface area (Å²) in [6.07, 6.45) is 0. The summed E-state index contributed by atoms with van der Waals surface area (Å²) >= 11 is 0. The second-order valence-electron chi connectivity index (χ2n) is 11.2. The first kappa shape index (κ1) is 30.3. The first-order chi connectivity index (χ1) is 22.2. The van der Waals surface area contributed by atoms with Gasteiger partial charge in [-0.2, -0.15) is 0 Å². The molecular formula is C38H32N2O6. The first-order valence-electron chi connectivity index (χ1n) is 14.8. The zero-order valence-electron chi connectivity index (χ0n) is 26.0. The van der Waals surface area contributed by atoms with Gasteiger partial charge in [-0.25, -0.2) is 0 Å². The number of carbonyl (C=O) groups is 4. The number of fused-ring (bicyclic) bond motifs is 1. The zero-order valence-corrected chi connectivity index (χ0v) is 26.0. The maximum absolute atomic E-state index is 14.6. The SMILES string of the molecule is COc1ccc(C2=C3C(=O)N(CC(=O)c4ccccc4)C(c4ccc(C)c(C)c4)=C3C(=O)N2CC(=O)c2ccccc2)cc1OC. The van der Waals surface area contributed by atoms with Crippen LogP contribution in [0, 0.1) is 13.8 Å². The van der Waals surface area contributed by atoms with E-state index in [9.17, 15) is 19.2 Å². The number of benzene rings is 4. The number of Topliss-reactive ketones (excluding diaryl/α,β-unsaturated/α-hetero) is 2. The molecule has 0 spiro atoms. The summed E-state index contributed by atoms with van der Waals surface area (Å²) in [6, 6.07) is 28.2. The molecule has 0 aliphatic carbocycles. The van der Waals surface area contributed by atoms with Crippen molar-refractivity contribution in [2.24, 2.45) is 0 Å². The molecule has 0 saturated heterocycles. The van der Waals surface area contributed by atoms with Gasteiger partial charge in [0.25, 0.3) is 11.8 Å². The number of carbonyl (C=O) groups excluding carboxylic acids is 4. The molecule has 8 nitrogen and oxygen atoms in total. The Kier molecular flexibility index (Phi) is 8.11. The van der Waals surface area contributed by atoms with Gasteiger partial charge in [-0.3, -0.25) is 29.0 Å². The number of amides is 2. The lowest BCUT2D eigenvalue weighted by atomic mass is 9.99. The van der Waals surface area contributed by atoms with Gasteiger partial charge < -0.3 is 9.47 Å². The van der Waals surface area contributed by atoms with Crippen LogP contribution in [0.1, 0.15) is 43.0 Å². The Labute approximate surface area is 267 Å². The van der Waals surface area contributed by atoms with Crippen LogP contribution < -0.4 is 9.47 Å². The predicted octanol–water partition coefficient (Wildman–Crippen LogP) is 5.89. The van der Waals surface area contributed by atoms with Crippen LogP contribution in [-0.4, -0.2) is 60.5 Å². The van der Waals surface area contributed by atoms with E-state index < -0.39 is 11.8 Å². The van der Waals surface area contributed by atoms with Gasteiger partial charge in [0.2, 0.25) is 0 Å². The third-order valence-corrected chi connectivity index (χ3v) is 8.41.